The Balaban J connectivity index is 0.00000274. The fourth-order valence-electron chi connectivity index (χ4n) is 3.87. The molecule has 0 saturated carbocycles. The number of aryl methyl sites for hydroxylation is 1. The van der Waals surface area contributed by atoms with Gasteiger partial charge in [-0.15, -0.1) is 0 Å². The number of likely N-dealkylation sites (tertiary alicyclic amines) is 1. The molecule has 2 rings (SSSR count). The first-order chi connectivity index (χ1) is 16.5. The van der Waals surface area contributed by atoms with Crippen LogP contribution >= 0.6 is 0 Å². The molecule has 1 atom stereocenters. The smallest absolute Gasteiger partial charge is 0.266 e. The number of carbonyl (C=O) groups excluding carboxylic acids is 1. The average Bonchev–Trinajstić information content (AvgIpc) is 2.82. The van der Waals surface area contributed by atoms with Gasteiger partial charge in [-0.1, -0.05) is 54.2 Å². The molecule has 0 radical (unpaired) electrons. The number of methoxy groups -OCH3 is 1. The van der Waals surface area contributed by atoms with Gasteiger partial charge in [0.1, 0.15) is 5.75 Å². The Morgan fingerprint density at radius 1 is 1.29 bits per heavy atom. The molecular weight excluding hydrogens is 448 g/mol. The number of benzene rings is 1. The lowest BCUT2D eigenvalue weighted by Crippen LogP contribution is -2.51. The topological polar surface area (TPSA) is 45.1 Å². The minimum Gasteiger partial charge on any atom is -0.496 e. The van der Waals surface area contributed by atoms with E-state index >= 15 is 0 Å². The van der Waals surface area contributed by atoms with Gasteiger partial charge >= 0.3 is 0 Å². The summed E-state index contributed by atoms with van der Waals surface area (Å²) in [4.78, 5) is 14.4. The van der Waals surface area contributed by atoms with Crippen LogP contribution in [0.1, 0.15) is 77.7 Å². The average molecular weight is 494 g/mol. The first-order valence-electron chi connectivity index (χ1n) is 12.5. The molecule has 1 aliphatic heterocycles. The zero-order valence-corrected chi connectivity index (χ0v) is 23.3. The van der Waals surface area contributed by atoms with Crippen molar-refractivity contribution in [2.24, 2.45) is 16.9 Å². The molecule has 0 N–H and O–H groups in total. The number of piperidine rings is 1. The van der Waals surface area contributed by atoms with Gasteiger partial charge in [-0.3, -0.25) is 4.79 Å². The predicted octanol–water partition coefficient (Wildman–Crippen LogP) is 7.53. The molecule has 7 heteroatoms. The molecule has 1 amide bonds. The molecule has 198 valence electrons. The standard InChI is InChI=1S/C24H33F2N3O2.2C2H6/c1-8-27-29(17(4)5)21(11-16(2)3)20-13-24(25,26)15-28(14-20)23(30)19-9-10-22(31-7)18(6)12-19;2*1-2/h8-12,16,20H,4,13-15H2,1-3,5-7H3;2*1-2H3/b21-11-,27-8-;;. The van der Waals surface area contributed by atoms with Gasteiger partial charge in [-0.25, -0.2) is 13.8 Å². The van der Waals surface area contributed by atoms with Crippen molar-refractivity contribution in [3.63, 3.8) is 0 Å². The van der Waals surface area contributed by atoms with Crippen LogP contribution in [0.4, 0.5) is 8.78 Å². The van der Waals surface area contributed by atoms with Crippen molar-refractivity contribution in [2.45, 2.75) is 74.7 Å². The van der Waals surface area contributed by atoms with Crippen molar-refractivity contribution in [2.75, 3.05) is 20.2 Å². The summed E-state index contributed by atoms with van der Waals surface area (Å²) in [5, 5.41) is 5.94. The highest BCUT2D eigenvalue weighted by atomic mass is 19.3. The third-order valence-electron chi connectivity index (χ3n) is 5.10. The summed E-state index contributed by atoms with van der Waals surface area (Å²) in [7, 11) is 1.55. The number of nitrogens with zero attached hydrogens (tertiary/aromatic N) is 3. The first kappa shape index (κ1) is 32.3. The molecule has 35 heavy (non-hydrogen) atoms. The molecule has 1 unspecified atom stereocenters. The van der Waals surface area contributed by atoms with E-state index in [4.69, 9.17) is 4.74 Å². The number of rotatable bonds is 7. The van der Waals surface area contributed by atoms with Crippen molar-refractivity contribution in [3.05, 3.63) is 53.4 Å². The normalized spacial score (nSPS) is 17.2. The number of allylic oxidation sites excluding steroid dienone is 2. The summed E-state index contributed by atoms with van der Waals surface area (Å²) in [5.41, 5.74) is 2.42. The summed E-state index contributed by atoms with van der Waals surface area (Å²) >= 11 is 0. The molecular formula is C28H45F2N3O2. The minimum atomic E-state index is -3.01. The Kier molecular flexibility index (Phi) is 14.1. The molecule has 0 bridgehead atoms. The Bertz CT molecular complexity index is 879. The van der Waals surface area contributed by atoms with Gasteiger partial charge in [0.2, 0.25) is 0 Å². The van der Waals surface area contributed by atoms with Gasteiger partial charge in [0.15, 0.2) is 0 Å². The van der Waals surface area contributed by atoms with Crippen LogP contribution in [-0.4, -0.2) is 48.2 Å². The lowest BCUT2D eigenvalue weighted by atomic mass is 9.89. The maximum atomic E-state index is 14.8. The van der Waals surface area contributed by atoms with Crippen LogP contribution in [0.5, 0.6) is 5.75 Å². The van der Waals surface area contributed by atoms with Crippen LogP contribution in [-0.2, 0) is 0 Å². The van der Waals surface area contributed by atoms with Crippen molar-refractivity contribution in [1.82, 2.24) is 9.91 Å². The SMILES string of the molecule is C=C(C)N(/N=C\C)/C(=C\C(C)C)C1CN(C(=O)c2ccc(OC)c(C)c2)CC(F)(F)C1.CC.CC. The number of amides is 1. The highest BCUT2D eigenvalue weighted by Crippen LogP contribution is 2.37. The molecule has 1 aromatic carbocycles. The highest BCUT2D eigenvalue weighted by molar-refractivity contribution is 5.94. The highest BCUT2D eigenvalue weighted by Gasteiger charge is 2.44. The van der Waals surface area contributed by atoms with Crippen LogP contribution in [0, 0.1) is 18.8 Å². The molecule has 1 saturated heterocycles. The number of hydrazone groups is 1. The van der Waals surface area contributed by atoms with Gasteiger partial charge in [-0.2, -0.15) is 5.10 Å². The fourth-order valence-corrected chi connectivity index (χ4v) is 3.87. The first-order valence-corrected chi connectivity index (χ1v) is 12.5. The van der Waals surface area contributed by atoms with E-state index in [2.05, 4.69) is 11.7 Å². The molecule has 5 nitrogen and oxygen atoms in total. The Morgan fingerprint density at radius 3 is 2.34 bits per heavy atom. The van der Waals surface area contributed by atoms with Gasteiger partial charge in [-0.05, 0) is 50.5 Å². The maximum absolute atomic E-state index is 14.8. The van der Waals surface area contributed by atoms with E-state index in [0.29, 0.717) is 22.7 Å². The quantitative estimate of drug-likeness (QED) is 0.291. The van der Waals surface area contributed by atoms with Crippen molar-refractivity contribution in [1.29, 1.82) is 0 Å². The lowest BCUT2D eigenvalue weighted by Gasteiger charge is -2.40. The third-order valence-corrected chi connectivity index (χ3v) is 5.10. The number of alkyl halides is 2. The van der Waals surface area contributed by atoms with Crippen molar-refractivity contribution < 1.29 is 18.3 Å². The summed E-state index contributed by atoms with van der Waals surface area (Å²) in [6, 6.07) is 4.97. The number of hydrogen-bond donors (Lipinski definition) is 0. The minimum absolute atomic E-state index is 0.118. The largest absolute Gasteiger partial charge is 0.496 e. The van der Waals surface area contributed by atoms with E-state index < -0.39 is 24.3 Å². The number of hydrogen-bond acceptors (Lipinski definition) is 4. The van der Waals surface area contributed by atoms with E-state index in [9.17, 15) is 13.6 Å². The zero-order chi connectivity index (χ0) is 27.3. The van der Waals surface area contributed by atoms with Gasteiger partial charge in [0.05, 0.1) is 13.7 Å². The summed E-state index contributed by atoms with van der Waals surface area (Å²) < 4.78 is 34.8. The number of carbonyl (C=O) groups is 1. The predicted molar refractivity (Wildman–Crippen MR) is 143 cm³/mol. The molecule has 1 aliphatic rings. The van der Waals surface area contributed by atoms with E-state index in [1.54, 1.807) is 50.4 Å². The maximum Gasteiger partial charge on any atom is 0.266 e. The molecule has 1 aromatic rings. The van der Waals surface area contributed by atoms with Crippen molar-refractivity contribution >= 4 is 12.1 Å². The number of halogens is 2. The summed E-state index contributed by atoms with van der Waals surface area (Å²) in [5.74, 6) is -3.23. The second-order valence-electron chi connectivity index (χ2n) is 8.38. The Morgan fingerprint density at radius 2 is 1.89 bits per heavy atom. The van der Waals surface area contributed by atoms with E-state index in [1.165, 1.54) is 4.90 Å². The van der Waals surface area contributed by atoms with Crippen LogP contribution in [0.2, 0.25) is 0 Å². The molecule has 0 aliphatic carbocycles. The van der Waals surface area contributed by atoms with Crippen molar-refractivity contribution in [3.8, 4) is 5.75 Å². The molecule has 0 spiro atoms. The Hall–Kier alpha value is -2.70. The Labute approximate surface area is 211 Å². The van der Waals surface area contributed by atoms with E-state index in [1.807, 2.05) is 54.5 Å². The summed E-state index contributed by atoms with van der Waals surface area (Å²) in [6.45, 7) is 20.9. The van der Waals surface area contributed by atoms with Gasteiger partial charge in [0, 0.05) is 42.1 Å². The second kappa shape index (κ2) is 15.3. The van der Waals surface area contributed by atoms with Crippen LogP contribution in [0.15, 0.2) is 47.3 Å². The van der Waals surface area contributed by atoms with Crippen LogP contribution in [0.3, 0.4) is 0 Å². The monoisotopic (exact) mass is 493 g/mol. The summed E-state index contributed by atoms with van der Waals surface area (Å²) in [6.07, 6.45) is 3.18. The molecule has 1 heterocycles. The number of ether oxygens (including phenoxy) is 1. The lowest BCUT2D eigenvalue weighted by molar-refractivity contribution is -0.0725. The third kappa shape index (κ3) is 9.46. The van der Waals surface area contributed by atoms with E-state index in [-0.39, 0.29) is 18.9 Å². The zero-order valence-electron chi connectivity index (χ0n) is 23.3. The molecule has 0 aromatic heterocycles. The second-order valence-corrected chi connectivity index (χ2v) is 8.38. The van der Waals surface area contributed by atoms with Gasteiger partial charge in [0.25, 0.3) is 11.8 Å². The van der Waals surface area contributed by atoms with E-state index in [0.717, 1.165) is 5.56 Å². The fraction of sp³-hybridized carbons (Fsp3) is 0.571. The van der Waals surface area contributed by atoms with Crippen LogP contribution in [0.25, 0.3) is 0 Å². The van der Waals surface area contributed by atoms with Crippen LogP contribution < -0.4 is 4.74 Å². The van der Waals surface area contributed by atoms with Gasteiger partial charge < -0.3 is 9.64 Å². The molecule has 1 fully saturated rings.